The molecule has 2 heteroatoms. The highest BCUT2D eigenvalue weighted by molar-refractivity contribution is 5.90. The molecule has 0 bridgehead atoms. The molecule has 0 aliphatic carbocycles. The van der Waals surface area contributed by atoms with Gasteiger partial charge in [-0.15, -0.1) is 0 Å². The molecule has 0 amide bonds. The van der Waals surface area contributed by atoms with Crippen molar-refractivity contribution in [1.29, 1.82) is 0 Å². The first-order valence-electron chi connectivity index (χ1n) is 7.07. The summed E-state index contributed by atoms with van der Waals surface area (Å²) in [5.74, 6) is 0.471. The molecule has 0 aliphatic heterocycles. The van der Waals surface area contributed by atoms with Crippen LogP contribution in [0.3, 0.4) is 0 Å². The van der Waals surface area contributed by atoms with Crippen LogP contribution in [-0.2, 0) is 0 Å². The van der Waals surface area contributed by atoms with Crippen molar-refractivity contribution < 1.29 is 4.42 Å². The van der Waals surface area contributed by atoms with Crippen molar-refractivity contribution in [2.45, 2.75) is 33.1 Å². The fraction of sp³-hybridized carbons (Fsp3) is 0.278. The van der Waals surface area contributed by atoms with Crippen molar-refractivity contribution in [1.82, 2.24) is 0 Å². The third-order valence-corrected chi connectivity index (χ3v) is 4.03. The van der Waals surface area contributed by atoms with Gasteiger partial charge in [-0.05, 0) is 49.1 Å². The summed E-state index contributed by atoms with van der Waals surface area (Å²) in [5, 5.41) is 1.32. The van der Waals surface area contributed by atoms with Gasteiger partial charge in [-0.1, -0.05) is 31.5 Å². The monoisotopic (exact) mass is 266 g/mol. The van der Waals surface area contributed by atoms with E-state index in [1.165, 1.54) is 5.56 Å². The summed E-state index contributed by atoms with van der Waals surface area (Å²) < 4.78 is 5.92. The smallest absolute Gasteiger partial charge is 0.200 e. The fourth-order valence-electron chi connectivity index (χ4n) is 2.53. The summed E-state index contributed by atoms with van der Waals surface area (Å²) in [7, 11) is 0. The Morgan fingerprint density at radius 1 is 1.05 bits per heavy atom. The summed E-state index contributed by atoms with van der Waals surface area (Å²) in [5.41, 5.74) is 3.69. The maximum Gasteiger partial charge on any atom is 0.200 e. The molecule has 0 N–H and O–H groups in total. The third kappa shape index (κ3) is 2.01. The van der Waals surface area contributed by atoms with Gasteiger partial charge in [-0.2, -0.15) is 0 Å². The second-order valence-corrected chi connectivity index (χ2v) is 5.50. The van der Waals surface area contributed by atoms with Crippen molar-refractivity contribution in [3.05, 3.63) is 57.7 Å². The Morgan fingerprint density at radius 3 is 2.60 bits per heavy atom. The maximum atomic E-state index is 12.5. The van der Waals surface area contributed by atoms with Gasteiger partial charge >= 0.3 is 0 Å². The van der Waals surface area contributed by atoms with Crippen LogP contribution >= 0.6 is 0 Å². The lowest BCUT2D eigenvalue weighted by Gasteiger charge is -2.10. The summed E-state index contributed by atoms with van der Waals surface area (Å²) in [6.07, 6.45) is 1.07. The van der Waals surface area contributed by atoms with Crippen LogP contribution in [0.1, 0.15) is 37.3 Å². The number of aryl methyl sites for hydroxylation is 1. The van der Waals surface area contributed by atoms with Crippen molar-refractivity contribution in [3.63, 3.8) is 0 Å². The molecule has 0 spiro atoms. The number of fused-ring (bicyclic) bond motifs is 2. The Morgan fingerprint density at radius 2 is 1.85 bits per heavy atom. The molecule has 0 aliphatic rings. The zero-order valence-electron chi connectivity index (χ0n) is 12.1. The topological polar surface area (TPSA) is 30.2 Å². The molecular formula is C18H18O2. The van der Waals surface area contributed by atoms with Gasteiger partial charge < -0.3 is 4.42 Å². The summed E-state index contributed by atoms with van der Waals surface area (Å²) in [6.45, 7) is 6.33. The highest BCUT2D eigenvalue weighted by Gasteiger charge is 2.10. The minimum Gasteiger partial charge on any atom is -0.456 e. The van der Waals surface area contributed by atoms with Crippen molar-refractivity contribution in [3.8, 4) is 0 Å². The van der Waals surface area contributed by atoms with E-state index >= 15 is 0 Å². The average Bonchev–Trinajstić information content (AvgIpc) is 2.47. The lowest BCUT2D eigenvalue weighted by molar-refractivity contribution is 0.656. The van der Waals surface area contributed by atoms with Gasteiger partial charge in [0.2, 0.25) is 5.43 Å². The van der Waals surface area contributed by atoms with E-state index in [9.17, 15) is 4.79 Å². The fourth-order valence-corrected chi connectivity index (χ4v) is 2.53. The zero-order chi connectivity index (χ0) is 14.3. The summed E-state index contributed by atoms with van der Waals surface area (Å²) >= 11 is 0. The summed E-state index contributed by atoms with van der Waals surface area (Å²) in [6, 6.07) is 11.7. The Labute approximate surface area is 118 Å². The average molecular weight is 266 g/mol. The van der Waals surface area contributed by atoms with Crippen LogP contribution < -0.4 is 5.43 Å². The van der Waals surface area contributed by atoms with Gasteiger partial charge in [0, 0.05) is 0 Å². The first kappa shape index (κ1) is 12.9. The molecule has 0 radical (unpaired) electrons. The van der Waals surface area contributed by atoms with E-state index in [4.69, 9.17) is 4.42 Å². The lowest BCUT2D eigenvalue weighted by atomic mass is 9.97. The molecule has 20 heavy (non-hydrogen) atoms. The zero-order valence-corrected chi connectivity index (χ0v) is 12.1. The van der Waals surface area contributed by atoms with E-state index in [2.05, 4.69) is 13.8 Å². The Bertz CT molecular complexity index is 843. The highest BCUT2D eigenvalue weighted by atomic mass is 16.3. The molecular weight excluding hydrogens is 248 g/mol. The predicted molar refractivity (Wildman–Crippen MR) is 83.4 cm³/mol. The molecule has 102 valence electrons. The first-order chi connectivity index (χ1) is 9.60. The van der Waals surface area contributed by atoms with Crippen LogP contribution in [0.15, 0.2) is 45.6 Å². The molecule has 1 heterocycles. The van der Waals surface area contributed by atoms with Gasteiger partial charge in [0.1, 0.15) is 11.2 Å². The SMILES string of the molecule is CC[C@H](C)c1ccc2c(=O)c3cc(C)ccc3oc2c1. The Hall–Kier alpha value is -2.09. The quantitative estimate of drug-likeness (QED) is 0.625. The molecule has 2 nitrogen and oxygen atoms in total. The Kier molecular flexibility index (Phi) is 3.09. The van der Waals surface area contributed by atoms with Crippen LogP contribution in [-0.4, -0.2) is 0 Å². The highest BCUT2D eigenvalue weighted by Crippen LogP contribution is 2.25. The minimum absolute atomic E-state index is 0.0562. The van der Waals surface area contributed by atoms with Gasteiger partial charge in [0.05, 0.1) is 10.8 Å². The predicted octanol–water partition coefficient (Wildman–Crippen LogP) is 4.77. The van der Waals surface area contributed by atoms with Crippen LogP contribution in [0.4, 0.5) is 0 Å². The lowest BCUT2D eigenvalue weighted by Crippen LogP contribution is -2.03. The normalized spacial score (nSPS) is 12.9. The number of hydrogen-bond donors (Lipinski definition) is 0. The largest absolute Gasteiger partial charge is 0.456 e. The molecule has 0 fully saturated rings. The van der Waals surface area contributed by atoms with Crippen molar-refractivity contribution >= 4 is 21.9 Å². The molecule has 0 unspecified atom stereocenters. The molecule has 0 saturated carbocycles. The van der Waals surface area contributed by atoms with Gasteiger partial charge in [0.25, 0.3) is 0 Å². The number of benzene rings is 2. The van der Waals surface area contributed by atoms with Gasteiger partial charge in [-0.3, -0.25) is 4.79 Å². The van der Waals surface area contributed by atoms with Gasteiger partial charge in [0.15, 0.2) is 0 Å². The summed E-state index contributed by atoms with van der Waals surface area (Å²) in [4.78, 5) is 12.5. The standard InChI is InChI=1S/C18H18O2/c1-4-12(3)13-6-7-14-17(10-13)20-16-8-5-11(2)9-15(16)18(14)19/h5-10,12H,4H2,1-3H3/t12-/m0/s1. The van der Waals surface area contributed by atoms with E-state index in [1.54, 1.807) is 0 Å². The van der Waals surface area contributed by atoms with Gasteiger partial charge in [-0.25, -0.2) is 0 Å². The van der Waals surface area contributed by atoms with Crippen LogP contribution in [0, 0.1) is 6.92 Å². The molecule has 3 rings (SSSR count). The van der Waals surface area contributed by atoms with E-state index in [-0.39, 0.29) is 5.43 Å². The van der Waals surface area contributed by atoms with E-state index in [0.29, 0.717) is 27.9 Å². The third-order valence-electron chi connectivity index (χ3n) is 4.03. The first-order valence-corrected chi connectivity index (χ1v) is 7.07. The van der Waals surface area contributed by atoms with Crippen LogP contribution in [0.25, 0.3) is 21.9 Å². The maximum absolute atomic E-state index is 12.5. The molecule has 1 aromatic heterocycles. The van der Waals surface area contributed by atoms with E-state index in [1.807, 2.05) is 43.3 Å². The number of hydrogen-bond acceptors (Lipinski definition) is 2. The Balaban J connectivity index is 2.35. The second-order valence-electron chi connectivity index (χ2n) is 5.50. The van der Waals surface area contributed by atoms with E-state index in [0.717, 1.165) is 12.0 Å². The second kappa shape index (κ2) is 4.78. The van der Waals surface area contributed by atoms with Crippen molar-refractivity contribution in [2.75, 3.05) is 0 Å². The molecule has 2 aromatic carbocycles. The number of rotatable bonds is 2. The molecule has 3 aromatic rings. The van der Waals surface area contributed by atoms with Crippen molar-refractivity contribution in [2.24, 2.45) is 0 Å². The van der Waals surface area contributed by atoms with E-state index < -0.39 is 0 Å². The molecule has 1 atom stereocenters. The molecule has 0 saturated heterocycles. The minimum atomic E-state index is 0.0562. The van der Waals surface area contributed by atoms with Crippen LogP contribution in [0.2, 0.25) is 0 Å². The van der Waals surface area contributed by atoms with Crippen LogP contribution in [0.5, 0.6) is 0 Å².